The molecule has 7 heteroatoms. The van der Waals surface area contributed by atoms with Crippen LogP contribution in [0.4, 0.5) is 20.2 Å². The average Bonchev–Trinajstić information content (AvgIpc) is 2.37. The number of nitrogen functional groups attached to an aromatic ring is 1. The third kappa shape index (κ3) is 3.13. The predicted molar refractivity (Wildman–Crippen MR) is 77.5 cm³/mol. The summed E-state index contributed by atoms with van der Waals surface area (Å²) >= 11 is 0. The van der Waals surface area contributed by atoms with Crippen LogP contribution in [-0.2, 0) is 10.0 Å². The van der Waals surface area contributed by atoms with Crippen molar-refractivity contribution in [2.45, 2.75) is 18.7 Å². The highest BCUT2D eigenvalue weighted by atomic mass is 32.2. The molecule has 0 atom stereocenters. The van der Waals surface area contributed by atoms with Crippen molar-refractivity contribution in [3.8, 4) is 0 Å². The highest BCUT2D eigenvalue weighted by Crippen LogP contribution is 2.25. The number of anilines is 2. The highest BCUT2D eigenvalue weighted by Gasteiger charge is 2.21. The molecule has 0 heterocycles. The minimum absolute atomic E-state index is 0.174. The van der Waals surface area contributed by atoms with Crippen molar-refractivity contribution in [1.82, 2.24) is 0 Å². The van der Waals surface area contributed by atoms with Crippen molar-refractivity contribution in [1.29, 1.82) is 0 Å². The van der Waals surface area contributed by atoms with Crippen LogP contribution in [0.25, 0.3) is 0 Å². The number of benzene rings is 2. The summed E-state index contributed by atoms with van der Waals surface area (Å²) in [7, 11) is -4.15. The molecular formula is C14H14F2N2O2S. The van der Waals surface area contributed by atoms with E-state index in [1.165, 1.54) is 12.1 Å². The van der Waals surface area contributed by atoms with Crippen molar-refractivity contribution >= 4 is 21.4 Å². The summed E-state index contributed by atoms with van der Waals surface area (Å²) in [4.78, 5) is -0.547. The Bertz CT molecular complexity index is 805. The minimum atomic E-state index is -4.15. The fourth-order valence-electron chi connectivity index (χ4n) is 1.82. The molecule has 0 saturated heterocycles. The van der Waals surface area contributed by atoms with Crippen LogP contribution in [0, 0.1) is 25.5 Å². The van der Waals surface area contributed by atoms with Gasteiger partial charge in [-0.25, -0.2) is 17.2 Å². The van der Waals surface area contributed by atoms with Gasteiger partial charge in [0.05, 0.1) is 5.69 Å². The first-order valence-corrected chi connectivity index (χ1v) is 7.53. The molecule has 0 aliphatic carbocycles. The number of hydrogen-bond acceptors (Lipinski definition) is 3. The van der Waals surface area contributed by atoms with Gasteiger partial charge in [-0.1, -0.05) is 0 Å². The van der Waals surface area contributed by atoms with E-state index in [-0.39, 0.29) is 11.4 Å². The molecule has 2 aromatic carbocycles. The quantitative estimate of drug-likeness (QED) is 0.856. The number of sulfonamides is 1. The fraction of sp³-hybridized carbons (Fsp3) is 0.143. The maximum absolute atomic E-state index is 13.9. The summed E-state index contributed by atoms with van der Waals surface area (Å²) in [5.41, 5.74) is 6.81. The number of rotatable bonds is 3. The largest absolute Gasteiger partial charge is 0.398 e. The molecular weight excluding hydrogens is 298 g/mol. The van der Waals surface area contributed by atoms with Gasteiger partial charge in [0.15, 0.2) is 0 Å². The summed E-state index contributed by atoms with van der Waals surface area (Å²) in [6.45, 7) is 3.12. The lowest BCUT2D eigenvalue weighted by Gasteiger charge is -2.12. The number of aryl methyl sites for hydroxylation is 2. The first-order valence-electron chi connectivity index (χ1n) is 6.05. The normalized spacial score (nSPS) is 11.4. The van der Waals surface area contributed by atoms with Gasteiger partial charge in [-0.3, -0.25) is 4.72 Å². The Morgan fingerprint density at radius 2 is 1.71 bits per heavy atom. The summed E-state index contributed by atoms with van der Waals surface area (Å²) < 4.78 is 53.5. The van der Waals surface area contributed by atoms with Crippen LogP contribution in [-0.4, -0.2) is 8.42 Å². The zero-order valence-corrected chi connectivity index (χ0v) is 12.3. The summed E-state index contributed by atoms with van der Waals surface area (Å²) in [5, 5.41) is 0. The minimum Gasteiger partial charge on any atom is -0.398 e. The Morgan fingerprint density at radius 3 is 2.33 bits per heavy atom. The van der Waals surface area contributed by atoms with Crippen LogP contribution >= 0.6 is 0 Å². The van der Waals surface area contributed by atoms with E-state index in [2.05, 4.69) is 4.72 Å². The third-order valence-electron chi connectivity index (χ3n) is 3.04. The molecule has 112 valence electrons. The number of hydrogen-bond donors (Lipinski definition) is 2. The Morgan fingerprint density at radius 1 is 1.05 bits per heavy atom. The molecule has 0 aliphatic rings. The van der Waals surface area contributed by atoms with Crippen LogP contribution in [0.1, 0.15) is 11.1 Å². The van der Waals surface area contributed by atoms with Gasteiger partial charge in [-0.15, -0.1) is 0 Å². The molecule has 4 nitrogen and oxygen atoms in total. The second-order valence-corrected chi connectivity index (χ2v) is 6.35. The fourth-order valence-corrected chi connectivity index (χ4v) is 3.04. The maximum Gasteiger partial charge on any atom is 0.264 e. The number of halogens is 2. The van der Waals surface area contributed by atoms with E-state index in [1.807, 2.05) is 0 Å². The van der Waals surface area contributed by atoms with E-state index >= 15 is 0 Å². The lowest BCUT2D eigenvalue weighted by Crippen LogP contribution is -2.16. The standard InChI is InChI=1S/C14H14F2N2O2S/c1-8-6-11(16)14(7-12(8)17)21(19,20)18-13-4-3-10(15)5-9(13)2/h3-7,18H,17H2,1-2H3. The van der Waals surface area contributed by atoms with Crippen molar-refractivity contribution < 1.29 is 17.2 Å². The van der Waals surface area contributed by atoms with E-state index < -0.39 is 26.6 Å². The molecule has 0 aliphatic heterocycles. The molecule has 0 saturated carbocycles. The molecule has 0 fully saturated rings. The first kappa shape index (κ1) is 15.2. The van der Waals surface area contributed by atoms with Gasteiger partial charge in [0, 0.05) is 5.69 Å². The topological polar surface area (TPSA) is 72.2 Å². The first-order chi connectivity index (χ1) is 9.70. The molecule has 0 spiro atoms. The Balaban J connectivity index is 2.46. The Hall–Kier alpha value is -2.15. The predicted octanol–water partition coefficient (Wildman–Crippen LogP) is 2.96. The second kappa shape index (κ2) is 5.33. The lowest BCUT2D eigenvalue weighted by molar-refractivity contribution is 0.570. The molecule has 2 rings (SSSR count). The van der Waals surface area contributed by atoms with Crippen molar-refractivity contribution in [3.63, 3.8) is 0 Å². The molecule has 21 heavy (non-hydrogen) atoms. The summed E-state index contributed by atoms with van der Waals surface area (Å²) in [6, 6.07) is 5.69. The second-order valence-electron chi connectivity index (χ2n) is 4.70. The summed E-state index contributed by atoms with van der Waals surface area (Å²) in [6.07, 6.45) is 0. The summed E-state index contributed by atoms with van der Waals surface area (Å²) in [5.74, 6) is -1.38. The van der Waals surface area contributed by atoms with Gasteiger partial charge >= 0.3 is 0 Å². The maximum atomic E-state index is 13.9. The van der Waals surface area contributed by atoms with E-state index in [4.69, 9.17) is 5.73 Å². The Kier molecular flexibility index (Phi) is 3.87. The van der Waals surface area contributed by atoms with E-state index in [1.54, 1.807) is 13.8 Å². The van der Waals surface area contributed by atoms with Crippen LogP contribution in [0.5, 0.6) is 0 Å². The van der Waals surface area contributed by atoms with Crippen LogP contribution < -0.4 is 10.5 Å². The molecule has 0 bridgehead atoms. The van der Waals surface area contributed by atoms with E-state index in [9.17, 15) is 17.2 Å². The molecule has 3 N–H and O–H groups in total. The van der Waals surface area contributed by atoms with Gasteiger partial charge < -0.3 is 5.73 Å². The molecule has 0 unspecified atom stereocenters. The van der Waals surface area contributed by atoms with Crippen molar-refractivity contribution in [3.05, 3.63) is 53.1 Å². The number of nitrogens with two attached hydrogens (primary N) is 1. The van der Waals surface area contributed by atoms with Gasteiger partial charge in [-0.05, 0) is 55.3 Å². The average molecular weight is 312 g/mol. The molecule has 0 radical (unpaired) electrons. The van der Waals surface area contributed by atoms with Crippen molar-refractivity contribution in [2.75, 3.05) is 10.5 Å². The third-order valence-corrected chi connectivity index (χ3v) is 4.42. The van der Waals surface area contributed by atoms with Crippen LogP contribution in [0.3, 0.4) is 0 Å². The van der Waals surface area contributed by atoms with E-state index in [0.29, 0.717) is 11.1 Å². The van der Waals surface area contributed by atoms with Gasteiger partial charge in [0.1, 0.15) is 16.5 Å². The zero-order chi connectivity index (χ0) is 15.8. The van der Waals surface area contributed by atoms with Gasteiger partial charge in [0.2, 0.25) is 0 Å². The lowest BCUT2D eigenvalue weighted by atomic mass is 10.2. The van der Waals surface area contributed by atoms with Gasteiger partial charge in [-0.2, -0.15) is 0 Å². The Labute approximate surface area is 121 Å². The zero-order valence-electron chi connectivity index (χ0n) is 11.4. The van der Waals surface area contributed by atoms with Crippen molar-refractivity contribution in [2.24, 2.45) is 0 Å². The van der Waals surface area contributed by atoms with Crippen LogP contribution in [0.2, 0.25) is 0 Å². The molecule has 2 aromatic rings. The highest BCUT2D eigenvalue weighted by molar-refractivity contribution is 7.92. The molecule has 0 aromatic heterocycles. The smallest absolute Gasteiger partial charge is 0.264 e. The monoisotopic (exact) mass is 312 g/mol. The number of nitrogens with one attached hydrogen (secondary N) is 1. The molecule has 0 amide bonds. The SMILES string of the molecule is Cc1cc(F)c(S(=O)(=O)Nc2ccc(F)cc2C)cc1N. The van der Waals surface area contributed by atoms with Gasteiger partial charge in [0.25, 0.3) is 10.0 Å². The van der Waals surface area contributed by atoms with E-state index in [0.717, 1.165) is 18.2 Å². The van der Waals surface area contributed by atoms with Crippen LogP contribution in [0.15, 0.2) is 35.2 Å².